The monoisotopic (exact) mass is 325 g/mol. The molecular formula is C20H23NO3. The molecule has 2 aromatic carbocycles. The second kappa shape index (κ2) is 7.95. The molecule has 3 rings (SSSR count). The molecule has 0 aromatic heterocycles. The van der Waals surface area contributed by atoms with Crippen molar-refractivity contribution in [3.8, 4) is 5.75 Å². The van der Waals surface area contributed by atoms with Gasteiger partial charge in [0, 0.05) is 6.04 Å². The van der Waals surface area contributed by atoms with Crippen molar-refractivity contribution in [3.63, 3.8) is 0 Å². The van der Waals surface area contributed by atoms with Crippen molar-refractivity contribution in [2.45, 2.75) is 44.6 Å². The molecule has 4 nitrogen and oxygen atoms in total. The van der Waals surface area contributed by atoms with Crippen LogP contribution in [0.15, 0.2) is 36.4 Å². The SMILES string of the molecule is O=Cc1c(OCC(=O)NC2CCCCCC2)ccc2ccccc12. The summed E-state index contributed by atoms with van der Waals surface area (Å²) < 4.78 is 5.63. The average molecular weight is 325 g/mol. The molecule has 0 heterocycles. The first kappa shape index (κ1) is 16.5. The highest BCUT2D eigenvalue weighted by atomic mass is 16.5. The van der Waals surface area contributed by atoms with Crippen molar-refractivity contribution in [1.29, 1.82) is 0 Å². The van der Waals surface area contributed by atoms with Gasteiger partial charge in [0.25, 0.3) is 5.91 Å². The lowest BCUT2D eigenvalue weighted by atomic mass is 10.0. The number of aldehydes is 1. The molecule has 2 aromatic rings. The first-order valence-electron chi connectivity index (χ1n) is 8.67. The molecule has 0 unspecified atom stereocenters. The van der Waals surface area contributed by atoms with Gasteiger partial charge < -0.3 is 10.1 Å². The molecule has 1 aliphatic carbocycles. The van der Waals surface area contributed by atoms with Gasteiger partial charge in [0.1, 0.15) is 5.75 Å². The van der Waals surface area contributed by atoms with E-state index in [0.717, 1.165) is 29.9 Å². The number of carbonyl (C=O) groups excluding carboxylic acids is 2. The molecule has 0 spiro atoms. The van der Waals surface area contributed by atoms with Gasteiger partial charge in [-0.1, -0.05) is 56.0 Å². The lowest BCUT2D eigenvalue weighted by Gasteiger charge is -2.17. The molecule has 0 saturated heterocycles. The van der Waals surface area contributed by atoms with Crippen LogP contribution in [-0.4, -0.2) is 24.8 Å². The highest BCUT2D eigenvalue weighted by molar-refractivity contribution is 6.00. The van der Waals surface area contributed by atoms with Crippen LogP contribution in [0.4, 0.5) is 0 Å². The largest absolute Gasteiger partial charge is 0.483 e. The fourth-order valence-electron chi connectivity index (χ4n) is 3.36. The number of hydrogen-bond donors (Lipinski definition) is 1. The number of amides is 1. The van der Waals surface area contributed by atoms with Gasteiger partial charge in [0.15, 0.2) is 12.9 Å². The average Bonchev–Trinajstić information content (AvgIpc) is 2.88. The Balaban J connectivity index is 1.64. The van der Waals surface area contributed by atoms with Crippen LogP contribution in [0.2, 0.25) is 0 Å². The smallest absolute Gasteiger partial charge is 0.258 e. The van der Waals surface area contributed by atoms with Crippen LogP contribution in [-0.2, 0) is 4.79 Å². The van der Waals surface area contributed by atoms with E-state index >= 15 is 0 Å². The molecule has 1 amide bonds. The van der Waals surface area contributed by atoms with E-state index in [1.165, 1.54) is 25.7 Å². The van der Waals surface area contributed by atoms with E-state index in [2.05, 4.69) is 5.32 Å². The zero-order valence-corrected chi connectivity index (χ0v) is 13.8. The lowest BCUT2D eigenvalue weighted by Crippen LogP contribution is -2.37. The molecule has 1 aliphatic rings. The summed E-state index contributed by atoms with van der Waals surface area (Å²) in [6.07, 6.45) is 7.73. The summed E-state index contributed by atoms with van der Waals surface area (Å²) in [7, 11) is 0. The second-order valence-corrected chi connectivity index (χ2v) is 6.36. The summed E-state index contributed by atoms with van der Waals surface area (Å²) in [5.74, 6) is 0.339. The summed E-state index contributed by atoms with van der Waals surface area (Å²) in [5.41, 5.74) is 0.496. The molecule has 0 bridgehead atoms. The summed E-state index contributed by atoms with van der Waals surface area (Å²) in [5, 5.41) is 4.87. The predicted octanol–water partition coefficient (Wildman–Crippen LogP) is 3.87. The molecule has 1 saturated carbocycles. The first-order valence-corrected chi connectivity index (χ1v) is 8.67. The van der Waals surface area contributed by atoms with E-state index in [1.807, 2.05) is 30.3 Å². The third-order valence-corrected chi connectivity index (χ3v) is 4.63. The van der Waals surface area contributed by atoms with E-state index in [-0.39, 0.29) is 18.6 Å². The van der Waals surface area contributed by atoms with E-state index in [0.29, 0.717) is 11.3 Å². The maximum atomic E-state index is 12.1. The van der Waals surface area contributed by atoms with Crippen LogP contribution in [0.5, 0.6) is 5.75 Å². The number of ether oxygens (including phenoxy) is 1. The molecule has 1 N–H and O–H groups in total. The van der Waals surface area contributed by atoms with Gasteiger partial charge in [-0.3, -0.25) is 9.59 Å². The highest BCUT2D eigenvalue weighted by Crippen LogP contribution is 2.26. The summed E-state index contributed by atoms with van der Waals surface area (Å²) in [4.78, 5) is 23.6. The van der Waals surface area contributed by atoms with Crippen molar-refractivity contribution in [3.05, 3.63) is 42.0 Å². The minimum atomic E-state index is -0.119. The lowest BCUT2D eigenvalue weighted by molar-refractivity contribution is -0.123. The number of fused-ring (bicyclic) bond motifs is 1. The fraction of sp³-hybridized carbons (Fsp3) is 0.400. The van der Waals surface area contributed by atoms with Gasteiger partial charge in [0.2, 0.25) is 0 Å². The van der Waals surface area contributed by atoms with Crippen LogP contribution in [0.25, 0.3) is 10.8 Å². The normalized spacial score (nSPS) is 15.7. The van der Waals surface area contributed by atoms with Gasteiger partial charge in [-0.05, 0) is 29.7 Å². The second-order valence-electron chi connectivity index (χ2n) is 6.36. The summed E-state index contributed by atoms with van der Waals surface area (Å²) in [6.45, 7) is -0.0598. The predicted molar refractivity (Wildman–Crippen MR) is 94.5 cm³/mol. The molecule has 0 aliphatic heterocycles. The summed E-state index contributed by atoms with van der Waals surface area (Å²) in [6, 6.07) is 11.6. The molecule has 126 valence electrons. The van der Waals surface area contributed by atoms with Crippen LogP contribution >= 0.6 is 0 Å². The minimum Gasteiger partial charge on any atom is -0.483 e. The maximum Gasteiger partial charge on any atom is 0.258 e. The molecule has 0 radical (unpaired) electrons. The van der Waals surface area contributed by atoms with Gasteiger partial charge >= 0.3 is 0 Å². The number of nitrogens with one attached hydrogen (secondary N) is 1. The van der Waals surface area contributed by atoms with Crippen LogP contribution < -0.4 is 10.1 Å². The fourth-order valence-corrected chi connectivity index (χ4v) is 3.36. The van der Waals surface area contributed by atoms with Gasteiger partial charge in [-0.15, -0.1) is 0 Å². The summed E-state index contributed by atoms with van der Waals surface area (Å²) >= 11 is 0. The van der Waals surface area contributed by atoms with Crippen LogP contribution in [0.3, 0.4) is 0 Å². The van der Waals surface area contributed by atoms with Crippen molar-refractivity contribution >= 4 is 23.0 Å². The number of carbonyl (C=O) groups is 2. The highest BCUT2D eigenvalue weighted by Gasteiger charge is 2.16. The van der Waals surface area contributed by atoms with E-state index in [4.69, 9.17) is 4.74 Å². The molecule has 0 atom stereocenters. The van der Waals surface area contributed by atoms with Crippen molar-refractivity contribution in [2.75, 3.05) is 6.61 Å². The van der Waals surface area contributed by atoms with Gasteiger partial charge in [-0.25, -0.2) is 0 Å². The Morgan fingerprint density at radius 3 is 2.58 bits per heavy atom. The Kier molecular flexibility index (Phi) is 5.47. The quantitative estimate of drug-likeness (QED) is 0.670. The van der Waals surface area contributed by atoms with E-state index in [9.17, 15) is 9.59 Å². The zero-order chi connectivity index (χ0) is 16.8. The Morgan fingerprint density at radius 1 is 1.08 bits per heavy atom. The Labute approximate surface area is 142 Å². The zero-order valence-electron chi connectivity index (χ0n) is 13.8. The number of benzene rings is 2. The number of hydrogen-bond acceptors (Lipinski definition) is 3. The molecule has 24 heavy (non-hydrogen) atoms. The molecule has 4 heteroatoms. The standard InChI is InChI=1S/C20H23NO3/c22-13-18-17-10-6-5-7-15(17)11-12-19(18)24-14-20(23)21-16-8-3-1-2-4-9-16/h5-7,10-13,16H,1-4,8-9,14H2,(H,21,23). The van der Waals surface area contributed by atoms with E-state index < -0.39 is 0 Å². The first-order chi connectivity index (χ1) is 11.8. The molecular weight excluding hydrogens is 302 g/mol. The third kappa shape index (κ3) is 3.94. The van der Waals surface area contributed by atoms with Crippen molar-refractivity contribution < 1.29 is 14.3 Å². The van der Waals surface area contributed by atoms with Crippen LogP contribution in [0.1, 0.15) is 48.9 Å². The van der Waals surface area contributed by atoms with Gasteiger partial charge in [0.05, 0.1) is 5.56 Å². The maximum absolute atomic E-state index is 12.1. The Bertz CT molecular complexity index is 718. The Morgan fingerprint density at radius 2 is 1.83 bits per heavy atom. The van der Waals surface area contributed by atoms with Gasteiger partial charge in [-0.2, -0.15) is 0 Å². The van der Waals surface area contributed by atoms with E-state index in [1.54, 1.807) is 6.07 Å². The minimum absolute atomic E-state index is 0.0598. The van der Waals surface area contributed by atoms with Crippen molar-refractivity contribution in [1.82, 2.24) is 5.32 Å². The van der Waals surface area contributed by atoms with Crippen molar-refractivity contribution in [2.24, 2.45) is 0 Å². The topological polar surface area (TPSA) is 55.4 Å². The Hall–Kier alpha value is -2.36. The number of rotatable bonds is 5. The molecule has 1 fully saturated rings. The van der Waals surface area contributed by atoms with Crippen LogP contribution in [0, 0.1) is 0 Å². The third-order valence-electron chi connectivity index (χ3n) is 4.63.